The summed E-state index contributed by atoms with van der Waals surface area (Å²) in [6.07, 6.45) is 1.02. The molecule has 0 atom stereocenters. The Morgan fingerprint density at radius 2 is 1.76 bits per heavy atom. The molecule has 0 aliphatic rings. The van der Waals surface area contributed by atoms with Crippen molar-refractivity contribution in [2.24, 2.45) is 0 Å². The molecule has 0 aliphatic carbocycles. The van der Waals surface area contributed by atoms with Crippen LogP contribution in [0, 0.1) is 0 Å². The van der Waals surface area contributed by atoms with E-state index in [9.17, 15) is 5.11 Å². The number of aliphatic hydroxyl groups is 1. The lowest BCUT2D eigenvalue weighted by Gasteiger charge is -2.06. The van der Waals surface area contributed by atoms with E-state index >= 15 is 0 Å². The first-order valence-corrected chi connectivity index (χ1v) is 8.10. The average molecular weight is 298 g/mol. The Bertz CT molecular complexity index is 709. The number of thioether (sulfide) groups is 1. The Hall–Kier alpha value is -1.78. The maximum atomic E-state index is 9.27. The molecule has 0 saturated heterocycles. The zero-order valence-electron chi connectivity index (χ0n) is 11.8. The van der Waals surface area contributed by atoms with Gasteiger partial charge in [-0.3, -0.25) is 0 Å². The van der Waals surface area contributed by atoms with Crippen LogP contribution in [0.25, 0.3) is 11.0 Å². The van der Waals surface area contributed by atoms with Crippen molar-refractivity contribution in [3.63, 3.8) is 0 Å². The summed E-state index contributed by atoms with van der Waals surface area (Å²) in [7, 11) is 0. The van der Waals surface area contributed by atoms with E-state index in [1.165, 1.54) is 5.56 Å². The number of fused-ring (bicyclic) bond motifs is 1. The van der Waals surface area contributed by atoms with Gasteiger partial charge >= 0.3 is 0 Å². The molecule has 108 valence electrons. The van der Waals surface area contributed by atoms with E-state index in [1.807, 2.05) is 24.3 Å². The molecule has 0 aliphatic heterocycles. The van der Waals surface area contributed by atoms with E-state index in [1.54, 1.807) is 11.8 Å². The highest BCUT2D eigenvalue weighted by atomic mass is 32.2. The topological polar surface area (TPSA) is 38.0 Å². The molecular weight excluding hydrogens is 280 g/mol. The van der Waals surface area contributed by atoms with E-state index in [2.05, 4.69) is 39.9 Å². The summed E-state index contributed by atoms with van der Waals surface area (Å²) in [5.41, 5.74) is 3.43. The fourth-order valence-electron chi connectivity index (χ4n) is 2.38. The van der Waals surface area contributed by atoms with Crippen molar-refractivity contribution in [1.82, 2.24) is 9.55 Å². The minimum absolute atomic E-state index is 0.132. The van der Waals surface area contributed by atoms with Crippen LogP contribution >= 0.6 is 11.8 Å². The third-order valence-corrected chi connectivity index (χ3v) is 4.39. The number of hydrogen-bond donors (Lipinski definition) is 1. The minimum Gasteiger partial charge on any atom is -0.395 e. The van der Waals surface area contributed by atoms with Gasteiger partial charge in [-0.1, -0.05) is 54.2 Å². The molecular formula is C17H18N2OS. The summed E-state index contributed by atoms with van der Waals surface area (Å²) in [6, 6.07) is 18.6. The van der Waals surface area contributed by atoms with Gasteiger partial charge in [-0.25, -0.2) is 4.98 Å². The maximum absolute atomic E-state index is 9.27. The molecule has 21 heavy (non-hydrogen) atoms. The van der Waals surface area contributed by atoms with Crippen molar-refractivity contribution in [2.75, 3.05) is 12.4 Å². The summed E-state index contributed by atoms with van der Waals surface area (Å²) >= 11 is 1.75. The number of aromatic nitrogens is 2. The molecule has 1 heterocycles. The van der Waals surface area contributed by atoms with Gasteiger partial charge in [0.15, 0.2) is 5.16 Å². The van der Waals surface area contributed by atoms with Crippen molar-refractivity contribution < 1.29 is 5.11 Å². The second-order valence-electron chi connectivity index (χ2n) is 4.84. The van der Waals surface area contributed by atoms with Gasteiger partial charge in [0.2, 0.25) is 0 Å². The Morgan fingerprint density at radius 1 is 1.00 bits per heavy atom. The van der Waals surface area contributed by atoms with Gasteiger partial charge in [-0.15, -0.1) is 0 Å². The lowest BCUT2D eigenvalue weighted by molar-refractivity contribution is 0.273. The summed E-state index contributed by atoms with van der Waals surface area (Å²) in [4.78, 5) is 4.68. The van der Waals surface area contributed by atoms with Crippen LogP contribution < -0.4 is 0 Å². The van der Waals surface area contributed by atoms with Crippen LogP contribution in [-0.4, -0.2) is 27.0 Å². The van der Waals surface area contributed by atoms with Crippen molar-refractivity contribution in [3.05, 3.63) is 60.2 Å². The Kier molecular flexibility index (Phi) is 4.58. The first-order valence-electron chi connectivity index (χ1n) is 7.11. The fourth-order valence-corrected chi connectivity index (χ4v) is 3.41. The highest BCUT2D eigenvalue weighted by Crippen LogP contribution is 2.24. The smallest absolute Gasteiger partial charge is 0.169 e. The monoisotopic (exact) mass is 298 g/mol. The average Bonchev–Trinajstić information content (AvgIpc) is 2.87. The summed E-state index contributed by atoms with van der Waals surface area (Å²) in [5.74, 6) is 0.985. The van der Waals surface area contributed by atoms with Crippen molar-refractivity contribution in [1.29, 1.82) is 0 Å². The molecule has 0 spiro atoms. The predicted molar refractivity (Wildman–Crippen MR) is 87.7 cm³/mol. The molecule has 1 N–H and O–H groups in total. The van der Waals surface area contributed by atoms with Gasteiger partial charge in [0.1, 0.15) is 0 Å². The predicted octanol–water partition coefficient (Wildman–Crippen LogP) is 3.36. The van der Waals surface area contributed by atoms with E-state index in [-0.39, 0.29) is 6.61 Å². The van der Waals surface area contributed by atoms with Crippen LogP contribution in [0.2, 0.25) is 0 Å². The molecule has 4 heteroatoms. The SMILES string of the molecule is OCCn1c(SCCc2ccccc2)nc2ccccc21. The largest absolute Gasteiger partial charge is 0.395 e. The van der Waals surface area contributed by atoms with Crippen LogP contribution in [0.1, 0.15) is 5.56 Å². The number of nitrogens with zero attached hydrogens (tertiary/aromatic N) is 2. The van der Waals surface area contributed by atoms with Crippen molar-refractivity contribution in [2.45, 2.75) is 18.1 Å². The lowest BCUT2D eigenvalue weighted by atomic mass is 10.2. The molecule has 0 bridgehead atoms. The molecule has 0 saturated carbocycles. The van der Waals surface area contributed by atoms with Crippen LogP contribution in [0.3, 0.4) is 0 Å². The van der Waals surface area contributed by atoms with Crippen molar-refractivity contribution >= 4 is 22.8 Å². The Morgan fingerprint density at radius 3 is 2.57 bits per heavy atom. The molecule has 0 fully saturated rings. The van der Waals surface area contributed by atoms with Gasteiger partial charge in [0.05, 0.1) is 17.6 Å². The van der Waals surface area contributed by atoms with Gasteiger partial charge in [-0.2, -0.15) is 0 Å². The number of hydrogen-bond acceptors (Lipinski definition) is 3. The van der Waals surface area contributed by atoms with Crippen LogP contribution in [0.15, 0.2) is 59.8 Å². The van der Waals surface area contributed by atoms with E-state index < -0.39 is 0 Å². The quantitative estimate of drug-likeness (QED) is 0.709. The number of aryl methyl sites for hydroxylation is 1. The number of benzene rings is 2. The summed E-state index contributed by atoms with van der Waals surface area (Å²) < 4.78 is 2.10. The zero-order chi connectivity index (χ0) is 14.5. The van der Waals surface area contributed by atoms with Crippen LogP contribution in [0.5, 0.6) is 0 Å². The van der Waals surface area contributed by atoms with Gasteiger partial charge < -0.3 is 9.67 Å². The molecule has 0 radical (unpaired) electrons. The van der Waals surface area contributed by atoms with E-state index in [0.29, 0.717) is 6.54 Å². The second kappa shape index (κ2) is 6.78. The standard InChI is InChI=1S/C17H18N2OS/c20-12-11-19-16-9-5-4-8-15(16)18-17(19)21-13-10-14-6-2-1-3-7-14/h1-9,20H,10-13H2. The first kappa shape index (κ1) is 14.2. The van der Waals surface area contributed by atoms with Crippen molar-refractivity contribution in [3.8, 4) is 0 Å². The maximum Gasteiger partial charge on any atom is 0.169 e. The number of para-hydroxylation sites is 2. The summed E-state index contributed by atoms with van der Waals surface area (Å²) in [5, 5.41) is 10.3. The molecule has 0 unspecified atom stereocenters. The van der Waals surface area contributed by atoms with Crippen LogP contribution in [0.4, 0.5) is 0 Å². The molecule has 1 aromatic heterocycles. The van der Waals surface area contributed by atoms with E-state index in [0.717, 1.165) is 28.4 Å². The second-order valence-corrected chi connectivity index (χ2v) is 5.90. The van der Waals surface area contributed by atoms with Gasteiger partial charge in [0.25, 0.3) is 0 Å². The third-order valence-electron chi connectivity index (χ3n) is 3.41. The molecule has 2 aromatic carbocycles. The first-order chi connectivity index (χ1) is 10.4. The number of rotatable bonds is 6. The third kappa shape index (κ3) is 3.28. The summed E-state index contributed by atoms with van der Waals surface area (Å²) in [6.45, 7) is 0.723. The highest BCUT2D eigenvalue weighted by molar-refractivity contribution is 7.99. The van der Waals surface area contributed by atoms with Crippen LogP contribution in [-0.2, 0) is 13.0 Å². The lowest BCUT2D eigenvalue weighted by Crippen LogP contribution is -2.04. The molecule has 3 nitrogen and oxygen atoms in total. The highest BCUT2D eigenvalue weighted by Gasteiger charge is 2.10. The minimum atomic E-state index is 0.132. The number of imidazole rings is 1. The molecule has 0 amide bonds. The fraction of sp³-hybridized carbons (Fsp3) is 0.235. The van der Waals surface area contributed by atoms with Gasteiger partial charge in [0, 0.05) is 12.3 Å². The van der Waals surface area contributed by atoms with Gasteiger partial charge in [-0.05, 0) is 24.1 Å². The Labute approximate surface area is 128 Å². The Balaban J connectivity index is 1.75. The zero-order valence-corrected chi connectivity index (χ0v) is 12.6. The van der Waals surface area contributed by atoms with E-state index in [4.69, 9.17) is 0 Å². The molecule has 3 aromatic rings. The molecule has 3 rings (SSSR count). The normalized spacial score (nSPS) is 11.1. The number of aliphatic hydroxyl groups excluding tert-OH is 1.